The molecule has 0 amide bonds. The number of ether oxygens (including phenoxy) is 4. The first kappa shape index (κ1) is 10.7. The van der Waals surface area contributed by atoms with E-state index in [0.29, 0.717) is 0 Å². The fourth-order valence-electron chi connectivity index (χ4n) is 2.10. The maximum absolute atomic E-state index is 11.0. The molecule has 2 rings (SSSR count). The zero-order chi connectivity index (χ0) is 11.2. The number of hydrogen-bond donors (Lipinski definition) is 1. The molecule has 0 saturated carbocycles. The van der Waals surface area contributed by atoms with E-state index < -0.39 is 36.4 Å². The zero-order valence-corrected chi connectivity index (χ0v) is 8.80. The van der Waals surface area contributed by atoms with E-state index in [-0.39, 0.29) is 0 Å². The Morgan fingerprint density at radius 3 is 2.53 bits per heavy atom. The van der Waals surface area contributed by atoms with Gasteiger partial charge in [0.2, 0.25) is 0 Å². The summed E-state index contributed by atoms with van der Waals surface area (Å²) in [6.07, 6.45) is -3.87. The molecule has 86 valence electrons. The molecule has 2 aliphatic heterocycles. The minimum Gasteiger partial charge on any atom is -0.424 e. The summed E-state index contributed by atoms with van der Waals surface area (Å²) in [4.78, 5) is 11.0. The molecule has 0 aromatic rings. The number of hydrogen-bond acceptors (Lipinski definition) is 6. The Bertz CT molecular complexity index is 276. The van der Waals surface area contributed by atoms with Gasteiger partial charge < -0.3 is 24.1 Å². The molecule has 2 saturated heterocycles. The summed E-state index contributed by atoms with van der Waals surface area (Å²) in [5.74, 6) is 0. The number of aliphatic hydroxyl groups is 1. The lowest BCUT2D eigenvalue weighted by molar-refractivity contribution is -0.291. The van der Waals surface area contributed by atoms with Gasteiger partial charge in [0.15, 0.2) is 18.5 Å². The highest BCUT2D eigenvalue weighted by atomic mass is 16.8. The first-order valence-corrected chi connectivity index (χ1v) is 4.71. The molecule has 15 heavy (non-hydrogen) atoms. The lowest BCUT2D eigenvalue weighted by Gasteiger charge is -2.43. The minimum atomic E-state index is -1.18. The third-order valence-electron chi connectivity index (χ3n) is 2.73. The van der Waals surface area contributed by atoms with Crippen LogP contribution in [0.3, 0.4) is 0 Å². The molecule has 0 spiro atoms. The highest BCUT2D eigenvalue weighted by Gasteiger charge is 2.57. The molecule has 0 bridgehead atoms. The number of rotatable bonds is 1. The van der Waals surface area contributed by atoms with Gasteiger partial charge in [0.25, 0.3) is 0 Å². The van der Waals surface area contributed by atoms with Crippen molar-refractivity contribution in [2.45, 2.75) is 44.1 Å². The lowest BCUT2D eigenvalue weighted by atomic mass is 9.90. The predicted molar refractivity (Wildman–Crippen MR) is 47.1 cm³/mol. The molecular formula is C9H14O6. The average Bonchev–Trinajstić information content (AvgIpc) is 2.46. The van der Waals surface area contributed by atoms with Crippen LogP contribution in [0.15, 0.2) is 0 Å². The molecule has 0 aromatic heterocycles. The maximum atomic E-state index is 11.0. The topological polar surface area (TPSA) is 74.2 Å². The predicted octanol–water partition coefficient (Wildman–Crippen LogP) is 0.0326. The highest BCUT2D eigenvalue weighted by Crippen LogP contribution is 2.36. The van der Waals surface area contributed by atoms with E-state index in [9.17, 15) is 9.90 Å². The van der Waals surface area contributed by atoms with Crippen molar-refractivity contribution in [3.63, 3.8) is 0 Å². The molecule has 6 nitrogen and oxygen atoms in total. The Kier molecular flexibility index (Phi) is 2.37. The highest BCUT2D eigenvalue weighted by molar-refractivity contribution is 5.63. The zero-order valence-electron chi connectivity index (χ0n) is 8.80. The van der Waals surface area contributed by atoms with Gasteiger partial charge in [-0.15, -0.1) is 0 Å². The molecule has 2 aliphatic rings. The molecule has 0 aromatic carbocycles. The van der Waals surface area contributed by atoms with Crippen molar-refractivity contribution in [3.8, 4) is 0 Å². The smallest absolute Gasteiger partial charge is 0.424 e. The van der Waals surface area contributed by atoms with Gasteiger partial charge in [-0.2, -0.15) is 0 Å². The van der Waals surface area contributed by atoms with Crippen LogP contribution in [0.1, 0.15) is 13.8 Å². The molecule has 2 fully saturated rings. The van der Waals surface area contributed by atoms with Crippen LogP contribution in [-0.2, 0) is 18.9 Å². The summed E-state index contributed by atoms with van der Waals surface area (Å²) < 4.78 is 20.3. The van der Waals surface area contributed by atoms with Gasteiger partial charge in [-0.1, -0.05) is 0 Å². The second kappa shape index (κ2) is 3.33. The number of carbonyl (C=O) groups is 1. The molecular weight excluding hydrogens is 204 g/mol. The normalized spacial score (nSPS) is 43.1. The van der Waals surface area contributed by atoms with E-state index in [1.54, 1.807) is 13.8 Å². The van der Waals surface area contributed by atoms with Crippen LogP contribution in [-0.4, -0.2) is 48.6 Å². The molecule has 0 aliphatic carbocycles. The second-order valence-electron chi connectivity index (χ2n) is 4.18. The van der Waals surface area contributed by atoms with Gasteiger partial charge in [0.1, 0.15) is 6.10 Å². The van der Waals surface area contributed by atoms with Crippen LogP contribution in [0.4, 0.5) is 4.79 Å². The molecule has 3 unspecified atom stereocenters. The summed E-state index contributed by atoms with van der Waals surface area (Å²) in [6, 6.07) is 0. The van der Waals surface area contributed by atoms with E-state index in [1.807, 2.05) is 0 Å². The van der Waals surface area contributed by atoms with Crippen LogP contribution in [0.25, 0.3) is 0 Å². The van der Waals surface area contributed by atoms with Crippen molar-refractivity contribution in [2.75, 3.05) is 7.11 Å². The van der Waals surface area contributed by atoms with Crippen LogP contribution >= 0.6 is 0 Å². The SMILES string of the molecule is COC1C2OC(=O)OC2[C@@H](O)OC1(C)C. The largest absolute Gasteiger partial charge is 0.509 e. The maximum Gasteiger partial charge on any atom is 0.509 e. The Balaban J connectivity index is 2.26. The summed E-state index contributed by atoms with van der Waals surface area (Å²) in [7, 11) is 1.50. The number of fused-ring (bicyclic) bond motifs is 1. The van der Waals surface area contributed by atoms with Gasteiger partial charge in [0, 0.05) is 7.11 Å². The molecule has 6 heteroatoms. The standard InChI is InChI=1S/C9H14O6/c1-9(2)6(12-3)4-5(7(10)15-9)14-8(11)13-4/h4-7,10H,1-3H3/t4?,5?,6?,7-/m0/s1. The van der Waals surface area contributed by atoms with Crippen molar-refractivity contribution in [3.05, 3.63) is 0 Å². The average molecular weight is 218 g/mol. The quantitative estimate of drug-likeness (QED) is 0.626. The van der Waals surface area contributed by atoms with Crippen molar-refractivity contribution in [2.24, 2.45) is 0 Å². The Morgan fingerprint density at radius 2 is 1.93 bits per heavy atom. The van der Waals surface area contributed by atoms with Crippen molar-refractivity contribution >= 4 is 6.16 Å². The van der Waals surface area contributed by atoms with E-state index in [0.717, 1.165) is 0 Å². The number of carbonyl (C=O) groups excluding carboxylic acids is 1. The van der Waals surface area contributed by atoms with E-state index in [4.69, 9.17) is 18.9 Å². The molecule has 0 radical (unpaired) electrons. The first-order chi connectivity index (χ1) is 6.95. The van der Waals surface area contributed by atoms with Crippen LogP contribution < -0.4 is 0 Å². The summed E-state index contributed by atoms with van der Waals surface area (Å²) in [6.45, 7) is 3.51. The fourth-order valence-corrected chi connectivity index (χ4v) is 2.10. The first-order valence-electron chi connectivity index (χ1n) is 4.71. The van der Waals surface area contributed by atoms with Gasteiger partial charge in [-0.05, 0) is 13.8 Å². The number of methoxy groups -OCH3 is 1. The lowest BCUT2D eigenvalue weighted by Crippen LogP contribution is -2.61. The summed E-state index contributed by atoms with van der Waals surface area (Å²) in [5.41, 5.74) is -0.733. The van der Waals surface area contributed by atoms with Gasteiger partial charge in [-0.25, -0.2) is 4.79 Å². The monoisotopic (exact) mass is 218 g/mol. The van der Waals surface area contributed by atoms with E-state index >= 15 is 0 Å². The molecule has 2 heterocycles. The van der Waals surface area contributed by atoms with Crippen LogP contribution in [0.2, 0.25) is 0 Å². The van der Waals surface area contributed by atoms with Gasteiger partial charge in [-0.3, -0.25) is 0 Å². The summed E-state index contributed by atoms with van der Waals surface area (Å²) in [5, 5.41) is 9.61. The van der Waals surface area contributed by atoms with E-state index in [2.05, 4.69) is 0 Å². The van der Waals surface area contributed by atoms with E-state index in [1.165, 1.54) is 7.11 Å². The Morgan fingerprint density at radius 1 is 1.33 bits per heavy atom. The van der Waals surface area contributed by atoms with Gasteiger partial charge in [0.05, 0.1) is 5.60 Å². The van der Waals surface area contributed by atoms with Crippen molar-refractivity contribution < 1.29 is 28.8 Å². The van der Waals surface area contributed by atoms with Crippen LogP contribution in [0.5, 0.6) is 0 Å². The molecule has 4 atom stereocenters. The Hall–Kier alpha value is -0.850. The summed E-state index contributed by atoms with van der Waals surface area (Å²) >= 11 is 0. The number of aliphatic hydroxyl groups excluding tert-OH is 1. The Labute approximate surface area is 87.1 Å². The second-order valence-corrected chi connectivity index (χ2v) is 4.18. The van der Waals surface area contributed by atoms with Crippen molar-refractivity contribution in [1.29, 1.82) is 0 Å². The minimum absolute atomic E-state index is 0.461. The fraction of sp³-hybridized carbons (Fsp3) is 0.889. The van der Waals surface area contributed by atoms with Crippen molar-refractivity contribution in [1.82, 2.24) is 0 Å². The molecule has 1 N–H and O–H groups in total. The third-order valence-corrected chi connectivity index (χ3v) is 2.73. The van der Waals surface area contributed by atoms with Crippen LogP contribution in [0, 0.1) is 0 Å². The van der Waals surface area contributed by atoms with Gasteiger partial charge >= 0.3 is 6.16 Å². The third kappa shape index (κ3) is 1.58.